The summed E-state index contributed by atoms with van der Waals surface area (Å²) in [7, 11) is 0. The third-order valence-corrected chi connectivity index (χ3v) is 3.24. The summed E-state index contributed by atoms with van der Waals surface area (Å²) < 4.78 is 6.99. The second-order valence-corrected chi connectivity index (χ2v) is 4.65. The highest BCUT2D eigenvalue weighted by atomic mass is 16.5. The summed E-state index contributed by atoms with van der Waals surface area (Å²) in [6.07, 6.45) is 3.70. The lowest BCUT2D eigenvalue weighted by atomic mass is 10.2. The van der Waals surface area contributed by atoms with Gasteiger partial charge in [0, 0.05) is 18.7 Å². The molecule has 1 aromatic heterocycles. The van der Waals surface area contributed by atoms with Gasteiger partial charge in [-0.2, -0.15) is 0 Å². The van der Waals surface area contributed by atoms with Crippen LogP contribution in [0.2, 0.25) is 0 Å². The van der Waals surface area contributed by atoms with Gasteiger partial charge in [0.15, 0.2) is 0 Å². The van der Waals surface area contributed by atoms with Crippen molar-refractivity contribution in [3.05, 3.63) is 36.2 Å². The van der Waals surface area contributed by atoms with Gasteiger partial charge < -0.3 is 10.1 Å². The van der Waals surface area contributed by atoms with E-state index in [1.165, 1.54) is 11.0 Å². The first kappa shape index (κ1) is 12.7. The molecule has 3 rings (SSSR count). The van der Waals surface area contributed by atoms with Crippen LogP contribution in [0.25, 0.3) is 5.69 Å². The molecule has 1 aliphatic heterocycles. The van der Waals surface area contributed by atoms with Crippen LogP contribution in [-0.4, -0.2) is 45.4 Å². The third-order valence-electron chi connectivity index (χ3n) is 3.24. The van der Waals surface area contributed by atoms with Crippen LogP contribution in [0.3, 0.4) is 0 Å². The van der Waals surface area contributed by atoms with Gasteiger partial charge in [-0.15, -0.1) is 5.10 Å². The molecule has 7 nitrogen and oxygen atoms in total. The maximum absolute atomic E-state index is 12.1. The third kappa shape index (κ3) is 2.83. The molecule has 0 saturated carbocycles. The lowest BCUT2D eigenvalue weighted by Gasteiger charge is -2.11. The van der Waals surface area contributed by atoms with Crippen molar-refractivity contribution in [3.8, 4) is 5.69 Å². The van der Waals surface area contributed by atoms with E-state index in [0.29, 0.717) is 12.1 Å². The minimum Gasteiger partial charge on any atom is -0.376 e. The molecule has 1 aromatic carbocycles. The Hall–Kier alpha value is -2.28. The molecular formula is C13H15N5O2. The van der Waals surface area contributed by atoms with Gasteiger partial charge in [0.25, 0.3) is 5.91 Å². The molecule has 1 N–H and O–H groups in total. The Kier molecular flexibility index (Phi) is 3.69. The summed E-state index contributed by atoms with van der Waals surface area (Å²) in [6.45, 7) is 1.34. The Morgan fingerprint density at radius 2 is 2.45 bits per heavy atom. The number of nitrogens with one attached hydrogen (secondary N) is 1. The fourth-order valence-corrected chi connectivity index (χ4v) is 2.18. The molecule has 2 aromatic rings. The van der Waals surface area contributed by atoms with Crippen LogP contribution < -0.4 is 5.32 Å². The first-order valence-corrected chi connectivity index (χ1v) is 6.56. The van der Waals surface area contributed by atoms with Crippen molar-refractivity contribution in [3.63, 3.8) is 0 Å². The number of hydrogen-bond donors (Lipinski definition) is 1. The van der Waals surface area contributed by atoms with Gasteiger partial charge in [0.1, 0.15) is 6.33 Å². The van der Waals surface area contributed by atoms with Crippen molar-refractivity contribution in [1.29, 1.82) is 0 Å². The average Bonchev–Trinajstić information content (AvgIpc) is 3.18. The minimum absolute atomic E-state index is 0.115. The molecular weight excluding hydrogens is 258 g/mol. The highest BCUT2D eigenvalue weighted by Gasteiger charge is 2.16. The lowest BCUT2D eigenvalue weighted by Crippen LogP contribution is -2.31. The first-order valence-electron chi connectivity index (χ1n) is 6.56. The van der Waals surface area contributed by atoms with Crippen molar-refractivity contribution >= 4 is 5.91 Å². The molecule has 1 atom stereocenters. The van der Waals surface area contributed by atoms with E-state index >= 15 is 0 Å². The normalized spacial score (nSPS) is 18.1. The minimum atomic E-state index is -0.115. The van der Waals surface area contributed by atoms with Gasteiger partial charge >= 0.3 is 0 Å². The fraction of sp³-hybridized carbons (Fsp3) is 0.385. The predicted molar refractivity (Wildman–Crippen MR) is 70.5 cm³/mol. The summed E-state index contributed by atoms with van der Waals surface area (Å²) in [5.41, 5.74) is 1.33. The largest absolute Gasteiger partial charge is 0.376 e. The molecule has 1 aliphatic rings. The van der Waals surface area contributed by atoms with Crippen molar-refractivity contribution in [2.24, 2.45) is 0 Å². The van der Waals surface area contributed by atoms with Gasteiger partial charge in [0.05, 0.1) is 11.8 Å². The quantitative estimate of drug-likeness (QED) is 0.880. The van der Waals surface area contributed by atoms with Crippen LogP contribution >= 0.6 is 0 Å². The second kappa shape index (κ2) is 5.79. The van der Waals surface area contributed by atoms with E-state index in [4.69, 9.17) is 4.74 Å². The molecule has 0 unspecified atom stereocenters. The number of rotatable bonds is 4. The van der Waals surface area contributed by atoms with Crippen molar-refractivity contribution in [2.45, 2.75) is 18.9 Å². The summed E-state index contributed by atoms with van der Waals surface area (Å²) in [5, 5.41) is 13.8. The molecule has 2 heterocycles. The maximum atomic E-state index is 12.1. The van der Waals surface area contributed by atoms with Gasteiger partial charge in [-0.25, -0.2) is 4.68 Å². The molecule has 0 spiro atoms. The number of hydrogen-bond acceptors (Lipinski definition) is 5. The smallest absolute Gasteiger partial charge is 0.251 e. The van der Waals surface area contributed by atoms with Crippen LogP contribution in [0, 0.1) is 0 Å². The number of carbonyl (C=O) groups is 1. The van der Waals surface area contributed by atoms with Gasteiger partial charge in [0.2, 0.25) is 0 Å². The molecule has 7 heteroatoms. The second-order valence-electron chi connectivity index (χ2n) is 4.65. The van der Waals surface area contributed by atoms with E-state index in [-0.39, 0.29) is 12.0 Å². The van der Waals surface area contributed by atoms with Gasteiger partial charge in [-0.05, 0) is 41.5 Å². The van der Waals surface area contributed by atoms with E-state index < -0.39 is 0 Å². The van der Waals surface area contributed by atoms with Crippen LogP contribution in [0.15, 0.2) is 30.6 Å². The molecule has 1 amide bonds. The zero-order valence-electron chi connectivity index (χ0n) is 10.9. The lowest BCUT2D eigenvalue weighted by molar-refractivity contribution is 0.0858. The van der Waals surface area contributed by atoms with Gasteiger partial charge in [-0.3, -0.25) is 4.79 Å². The van der Waals surface area contributed by atoms with Gasteiger partial charge in [-0.1, -0.05) is 6.07 Å². The predicted octanol–water partition coefficient (Wildman–Crippen LogP) is 0.571. The summed E-state index contributed by atoms with van der Waals surface area (Å²) in [4.78, 5) is 12.1. The molecule has 20 heavy (non-hydrogen) atoms. The van der Waals surface area contributed by atoms with Crippen molar-refractivity contribution < 1.29 is 9.53 Å². The highest BCUT2D eigenvalue weighted by molar-refractivity contribution is 5.94. The Morgan fingerprint density at radius 3 is 3.20 bits per heavy atom. The summed E-state index contributed by atoms with van der Waals surface area (Å²) in [6, 6.07) is 7.16. The molecule has 1 saturated heterocycles. The maximum Gasteiger partial charge on any atom is 0.251 e. The number of carbonyl (C=O) groups excluding carboxylic acids is 1. The van der Waals surface area contributed by atoms with Crippen LogP contribution in [0.4, 0.5) is 0 Å². The van der Waals surface area contributed by atoms with Crippen LogP contribution in [0.5, 0.6) is 0 Å². The van der Waals surface area contributed by atoms with E-state index in [0.717, 1.165) is 25.1 Å². The molecule has 0 bridgehead atoms. The van der Waals surface area contributed by atoms with Crippen LogP contribution in [-0.2, 0) is 4.74 Å². The Bertz CT molecular complexity index is 578. The summed E-state index contributed by atoms with van der Waals surface area (Å²) >= 11 is 0. The molecule has 104 valence electrons. The molecule has 1 fully saturated rings. The Morgan fingerprint density at radius 1 is 1.50 bits per heavy atom. The summed E-state index contributed by atoms with van der Waals surface area (Å²) in [5.74, 6) is -0.115. The van der Waals surface area contributed by atoms with Crippen molar-refractivity contribution in [1.82, 2.24) is 25.5 Å². The number of benzene rings is 1. The standard InChI is InChI=1S/C13H15N5O2/c19-13(14-8-12-5-2-6-20-12)10-3-1-4-11(7-10)18-9-15-16-17-18/h1,3-4,7,9,12H,2,5-6,8H2,(H,14,19)/t12-/m1/s1. The van der Waals surface area contributed by atoms with E-state index in [1.54, 1.807) is 18.2 Å². The van der Waals surface area contributed by atoms with E-state index in [9.17, 15) is 4.79 Å². The zero-order chi connectivity index (χ0) is 13.8. The number of tetrazole rings is 1. The number of aromatic nitrogens is 4. The van der Waals surface area contributed by atoms with E-state index in [2.05, 4.69) is 20.8 Å². The highest BCUT2D eigenvalue weighted by Crippen LogP contribution is 2.12. The topological polar surface area (TPSA) is 81.9 Å². The Balaban J connectivity index is 1.66. The molecule has 0 aliphatic carbocycles. The van der Waals surface area contributed by atoms with Crippen LogP contribution in [0.1, 0.15) is 23.2 Å². The Labute approximate surface area is 115 Å². The zero-order valence-corrected chi connectivity index (χ0v) is 10.9. The fourth-order valence-electron chi connectivity index (χ4n) is 2.18. The SMILES string of the molecule is O=C(NC[C@H]1CCCO1)c1cccc(-n2cnnn2)c1. The number of amides is 1. The van der Waals surface area contributed by atoms with Crippen molar-refractivity contribution in [2.75, 3.05) is 13.2 Å². The van der Waals surface area contributed by atoms with E-state index in [1.807, 2.05) is 6.07 Å². The number of ether oxygens (including phenoxy) is 1. The number of nitrogens with zero attached hydrogens (tertiary/aromatic N) is 4. The monoisotopic (exact) mass is 273 g/mol. The molecule has 0 radical (unpaired) electrons. The first-order chi connectivity index (χ1) is 9.83. The average molecular weight is 273 g/mol.